The maximum atomic E-state index is 12.0. The fourth-order valence-electron chi connectivity index (χ4n) is 2.98. The molecule has 0 saturated heterocycles. The van der Waals surface area contributed by atoms with Gasteiger partial charge in [-0.15, -0.1) is 0 Å². The molecular weight excluding hydrogens is 402 g/mol. The molecule has 0 bridgehead atoms. The highest BCUT2D eigenvalue weighted by molar-refractivity contribution is 7.92. The monoisotopic (exact) mass is 423 g/mol. The van der Waals surface area contributed by atoms with Crippen molar-refractivity contribution in [1.82, 2.24) is 9.85 Å². The van der Waals surface area contributed by atoms with E-state index < -0.39 is 20.5 Å². The number of aromatic nitrogens is 1. The highest BCUT2D eigenvalue weighted by Gasteiger charge is 2.44. The van der Waals surface area contributed by atoms with E-state index in [4.69, 9.17) is 10.0 Å². The van der Waals surface area contributed by atoms with Gasteiger partial charge >= 0.3 is 0 Å². The first-order valence-corrected chi connectivity index (χ1v) is 11.3. The number of amides is 1. The molecule has 2 N–H and O–H groups in total. The van der Waals surface area contributed by atoms with Crippen LogP contribution in [0.5, 0.6) is 0 Å². The summed E-state index contributed by atoms with van der Waals surface area (Å²) in [6.07, 6.45) is 3.29. The summed E-state index contributed by atoms with van der Waals surface area (Å²) in [5, 5.41) is 15.0. The summed E-state index contributed by atoms with van der Waals surface area (Å²) in [5.74, 6) is -0.951. The van der Waals surface area contributed by atoms with Gasteiger partial charge in [0.25, 0.3) is 5.91 Å². The minimum Gasteiger partial charge on any atom is -0.392 e. The minimum atomic E-state index is -3.73. The Morgan fingerprint density at radius 1 is 1.32 bits per heavy atom. The normalized spacial score (nSPS) is 18.8. The minimum absolute atomic E-state index is 0.00971. The lowest BCUT2D eigenvalue weighted by atomic mass is 9.96. The lowest BCUT2D eigenvalue weighted by Crippen LogP contribution is -2.49. The fraction of sp³-hybridized carbons (Fsp3) is 0.389. The van der Waals surface area contributed by atoms with Crippen LogP contribution in [0.3, 0.4) is 0 Å². The molecule has 0 saturated carbocycles. The maximum Gasteiger partial charge on any atom is 0.264 e. The van der Waals surface area contributed by atoms with Crippen LogP contribution in [0.2, 0.25) is 0 Å². The van der Waals surface area contributed by atoms with Crippen molar-refractivity contribution in [2.75, 3.05) is 6.26 Å². The summed E-state index contributed by atoms with van der Waals surface area (Å²) < 4.78 is 26.4. The van der Waals surface area contributed by atoms with Gasteiger partial charge < -0.3 is 4.84 Å². The number of carbonyl (C=O) groups is 1. The number of hydrogen-bond donors (Lipinski definition) is 2. The van der Waals surface area contributed by atoms with Gasteiger partial charge in [0.05, 0.1) is 5.71 Å². The molecule has 0 radical (unpaired) electrons. The second-order valence-corrected chi connectivity index (χ2v) is 10.0. The SMILES string of the molecule is C[C@@](CC[C@H]1CC(c2ccc(-c3cnsc3)cc2)=NO1)(C(=O)NO)S(C)(=O)=O. The predicted molar refractivity (Wildman–Crippen MR) is 106 cm³/mol. The van der Waals surface area contributed by atoms with Crippen LogP contribution < -0.4 is 5.48 Å². The molecule has 1 aliphatic rings. The Hall–Kier alpha value is -2.30. The molecule has 1 aromatic heterocycles. The Bertz CT molecular complexity index is 971. The quantitative estimate of drug-likeness (QED) is 0.521. The van der Waals surface area contributed by atoms with Gasteiger partial charge in [0, 0.05) is 29.8 Å². The average molecular weight is 424 g/mol. The van der Waals surface area contributed by atoms with E-state index in [0.29, 0.717) is 12.8 Å². The van der Waals surface area contributed by atoms with Gasteiger partial charge in [-0.25, -0.2) is 18.3 Å². The Kier molecular flexibility index (Phi) is 5.82. The summed E-state index contributed by atoms with van der Waals surface area (Å²) in [6, 6.07) is 7.89. The molecule has 2 heterocycles. The van der Waals surface area contributed by atoms with Gasteiger partial charge in [-0.3, -0.25) is 10.0 Å². The van der Waals surface area contributed by atoms with Gasteiger partial charge in [0.1, 0.15) is 10.9 Å². The molecule has 1 aromatic carbocycles. The lowest BCUT2D eigenvalue weighted by Gasteiger charge is -2.25. The van der Waals surface area contributed by atoms with Crippen LogP contribution in [0.25, 0.3) is 11.1 Å². The Labute approximate surface area is 167 Å². The van der Waals surface area contributed by atoms with Crippen LogP contribution in [0.4, 0.5) is 0 Å². The average Bonchev–Trinajstić information content (AvgIpc) is 3.36. The molecule has 28 heavy (non-hydrogen) atoms. The zero-order valence-corrected chi connectivity index (χ0v) is 17.1. The number of nitrogens with zero attached hydrogens (tertiary/aromatic N) is 2. The van der Waals surface area contributed by atoms with E-state index >= 15 is 0 Å². The van der Waals surface area contributed by atoms with Crippen LogP contribution in [0.1, 0.15) is 31.7 Å². The third kappa shape index (κ3) is 4.08. The smallest absolute Gasteiger partial charge is 0.264 e. The third-order valence-corrected chi connectivity index (χ3v) is 7.67. The molecule has 2 aromatic rings. The summed E-state index contributed by atoms with van der Waals surface area (Å²) in [5.41, 5.74) is 5.26. The molecule has 0 fully saturated rings. The Morgan fingerprint density at radius 3 is 2.57 bits per heavy atom. The van der Waals surface area contributed by atoms with E-state index in [2.05, 4.69) is 9.53 Å². The maximum absolute atomic E-state index is 12.0. The van der Waals surface area contributed by atoms with E-state index in [-0.39, 0.29) is 12.5 Å². The number of hydroxylamine groups is 1. The van der Waals surface area contributed by atoms with Crippen molar-refractivity contribution >= 4 is 33.0 Å². The molecule has 0 aliphatic carbocycles. The number of nitrogens with one attached hydrogen (secondary N) is 1. The van der Waals surface area contributed by atoms with Gasteiger partial charge in [-0.1, -0.05) is 29.4 Å². The summed E-state index contributed by atoms with van der Waals surface area (Å²) in [7, 11) is -3.73. The Morgan fingerprint density at radius 2 is 2.00 bits per heavy atom. The number of hydrogen-bond acceptors (Lipinski definition) is 8. The second-order valence-electron chi connectivity index (χ2n) is 6.94. The topological polar surface area (TPSA) is 118 Å². The number of sulfone groups is 1. The van der Waals surface area contributed by atoms with E-state index in [1.54, 1.807) is 0 Å². The highest BCUT2D eigenvalue weighted by atomic mass is 32.2. The van der Waals surface area contributed by atoms with Crippen molar-refractivity contribution in [3.8, 4) is 11.1 Å². The van der Waals surface area contributed by atoms with Crippen molar-refractivity contribution in [3.63, 3.8) is 0 Å². The first-order valence-electron chi connectivity index (χ1n) is 8.61. The van der Waals surface area contributed by atoms with Crippen LogP contribution in [-0.4, -0.2) is 46.7 Å². The molecule has 1 aliphatic heterocycles. The number of benzene rings is 1. The van der Waals surface area contributed by atoms with Gasteiger partial charge in [0.15, 0.2) is 9.84 Å². The third-order valence-electron chi connectivity index (χ3n) is 5.06. The van der Waals surface area contributed by atoms with Crippen LogP contribution in [-0.2, 0) is 19.5 Å². The predicted octanol–water partition coefficient (Wildman–Crippen LogP) is 2.39. The van der Waals surface area contributed by atoms with Crippen LogP contribution in [0, 0.1) is 0 Å². The molecule has 150 valence electrons. The van der Waals surface area contributed by atoms with Crippen LogP contribution >= 0.6 is 11.5 Å². The van der Waals surface area contributed by atoms with Crippen molar-refractivity contribution in [3.05, 3.63) is 41.4 Å². The first kappa shape index (κ1) is 20.4. The second kappa shape index (κ2) is 7.98. The Balaban J connectivity index is 1.63. The van der Waals surface area contributed by atoms with Crippen molar-refractivity contribution in [2.24, 2.45) is 5.16 Å². The number of carbonyl (C=O) groups excluding carboxylic acids is 1. The molecule has 0 spiro atoms. The largest absolute Gasteiger partial charge is 0.392 e. The van der Waals surface area contributed by atoms with Crippen molar-refractivity contribution in [2.45, 2.75) is 37.0 Å². The zero-order chi connectivity index (χ0) is 20.4. The van der Waals surface area contributed by atoms with Crippen molar-refractivity contribution in [1.29, 1.82) is 0 Å². The molecule has 1 amide bonds. The highest BCUT2D eigenvalue weighted by Crippen LogP contribution is 2.28. The molecule has 0 unspecified atom stereocenters. The summed E-state index contributed by atoms with van der Waals surface area (Å²) in [6.45, 7) is 1.29. The van der Waals surface area contributed by atoms with Gasteiger partial charge in [-0.05, 0) is 42.4 Å². The summed E-state index contributed by atoms with van der Waals surface area (Å²) >= 11 is 1.40. The number of oxime groups is 1. The molecule has 2 atom stereocenters. The first-order chi connectivity index (χ1) is 13.2. The zero-order valence-electron chi connectivity index (χ0n) is 15.5. The van der Waals surface area contributed by atoms with Gasteiger partial charge in [-0.2, -0.15) is 0 Å². The molecule has 10 heteroatoms. The van der Waals surface area contributed by atoms with Gasteiger partial charge in [0.2, 0.25) is 0 Å². The van der Waals surface area contributed by atoms with E-state index in [1.165, 1.54) is 23.9 Å². The van der Waals surface area contributed by atoms with Crippen molar-refractivity contribution < 1.29 is 23.3 Å². The van der Waals surface area contributed by atoms with E-state index in [0.717, 1.165) is 28.7 Å². The van der Waals surface area contributed by atoms with Crippen LogP contribution in [0.15, 0.2) is 41.0 Å². The molecule has 8 nitrogen and oxygen atoms in total. The molecule has 3 rings (SSSR count). The number of rotatable bonds is 7. The standard InChI is InChI=1S/C18H21N3O5S2/c1-18(17(22)20-23,28(2,24)25)8-7-15-9-16(21-26-15)13-5-3-12(4-6-13)14-10-19-27-11-14/h3-6,10-11,15,23H,7-9H2,1-2H3,(H,20,22)/t15-,18+/m0/s1. The molecular formula is C18H21N3O5S2. The lowest BCUT2D eigenvalue weighted by molar-refractivity contribution is -0.131. The summed E-state index contributed by atoms with van der Waals surface area (Å²) in [4.78, 5) is 17.3. The van der Waals surface area contributed by atoms with E-state index in [9.17, 15) is 13.2 Å². The fourth-order valence-corrected chi connectivity index (χ4v) is 4.39. The van der Waals surface area contributed by atoms with E-state index in [1.807, 2.05) is 35.8 Å².